The zero-order valence-corrected chi connectivity index (χ0v) is 10.2. The Morgan fingerprint density at radius 3 is 2.44 bits per heavy atom. The lowest BCUT2D eigenvalue weighted by Gasteiger charge is -2.05. The molecule has 0 aliphatic rings. The second kappa shape index (κ2) is 4.58. The number of aryl methyl sites for hydroxylation is 1. The van der Waals surface area contributed by atoms with Crippen molar-refractivity contribution in [3.8, 4) is 0 Å². The molecule has 0 aliphatic carbocycles. The number of nitrogens with zero attached hydrogens (tertiary/aromatic N) is 4. The summed E-state index contributed by atoms with van der Waals surface area (Å²) in [5.41, 5.74) is 3.01. The van der Waals surface area contributed by atoms with Crippen LogP contribution in [0.4, 0.5) is 11.6 Å². The minimum absolute atomic E-state index is 0.0777. The Hall–Kier alpha value is -2.20. The van der Waals surface area contributed by atoms with Gasteiger partial charge in [-0.25, -0.2) is 13.1 Å². The fraction of sp³-hybridized carbons (Fsp3) is 0.125. The van der Waals surface area contributed by atoms with Gasteiger partial charge in [0, 0.05) is 5.69 Å². The minimum Gasteiger partial charge on any atom is -0.324 e. The molecule has 2 aromatic rings. The van der Waals surface area contributed by atoms with Gasteiger partial charge in [-0.3, -0.25) is 5.84 Å². The van der Waals surface area contributed by atoms with Crippen molar-refractivity contribution < 1.29 is 8.42 Å². The monoisotopic (exact) mass is 269 g/mol. The maximum absolute atomic E-state index is 11.9. The van der Waals surface area contributed by atoms with Crippen molar-refractivity contribution in [1.29, 1.82) is 0 Å². The molecule has 9 nitrogen and oxygen atoms in total. The van der Waals surface area contributed by atoms with Gasteiger partial charge in [-0.2, -0.15) is 4.80 Å². The highest BCUT2D eigenvalue weighted by molar-refractivity contribution is 7.92. The summed E-state index contributed by atoms with van der Waals surface area (Å²) in [4.78, 5) is 1.23. The highest BCUT2D eigenvalue weighted by atomic mass is 32.2. The first-order chi connectivity index (χ1) is 8.51. The molecule has 96 valence electrons. The van der Waals surface area contributed by atoms with Gasteiger partial charge in [0.1, 0.15) is 0 Å². The standard InChI is InChI=1S/C8H11N7O2S/c1-15-12-8(11-14-15)13-18(16,17)7-4-2-6(10-9)3-5-7/h2-5,10H,9H2,1H3,(H,12,13). The van der Waals surface area contributed by atoms with Gasteiger partial charge in [0.05, 0.1) is 11.9 Å². The number of hydrazine groups is 1. The molecule has 1 aromatic carbocycles. The summed E-state index contributed by atoms with van der Waals surface area (Å²) in [6, 6.07) is 5.90. The predicted octanol–water partition coefficient (Wildman–Crippen LogP) is -0.703. The molecule has 2 rings (SSSR count). The quantitative estimate of drug-likeness (QED) is 0.494. The van der Waals surface area contributed by atoms with Crippen LogP contribution in [0.5, 0.6) is 0 Å². The van der Waals surface area contributed by atoms with E-state index >= 15 is 0 Å². The number of aromatic nitrogens is 4. The molecule has 0 unspecified atom stereocenters. The second-order valence-electron chi connectivity index (χ2n) is 3.38. The van der Waals surface area contributed by atoms with Crippen molar-refractivity contribution in [2.75, 3.05) is 10.1 Å². The van der Waals surface area contributed by atoms with Crippen molar-refractivity contribution >= 4 is 21.7 Å². The molecule has 0 saturated heterocycles. The molecule has 0 saturated carbocycles. The largest absolute Gasteiger partial charge is 0.324 e. The minimum atomic E-state index is -3.72. The van der Waals surface area contributed by atoms with Crippen LogP contribution in [0.25, 0.3) is 0 Å². The number of nitrogen functional groups attached to an aromatic ring is 1. The zero-order chi connectivity index (χ0) is 13.2. The fourth-order valence-electron chi connectivity index (χ4n) is 1.23. The molecule has 0 fully saturated rings. The third-order valence-corrected chi connectivity index (χ3v) is 3.41. The lowest BCUT2D eigenvalue weighted by molar-refractivity contribution is 0.600. The normalized spacial score (nSPS) is 11.2. The first-order valence-electron chi connectivity index (χ1n) is 4.85. The lowest BCUT2D eigenvalue weighted by atomic mass is 10.3. The maximum Gasteiger partial charge on any atom is 0.277 e. The number of nitrogens with two attached hydrogens (primary N) is 1. The third-order valence-electron chi connectivity index (χ3n) is 2.07. The van der Waals surface area contributed by atoms with Gasteiger partial charge >= 0.3 is 0 Å². The summed E-state index contributed by atoms with van der Waals surface area (Å²) < 4.78 is 26.1. The van der Waals surface area contributed by atoms with Gasteiger partial charge in [-0.1, -0.05) is 5.10 Å². The van der Waals surface area contributed by atoms with Gasteiger partial charge in [0.2, 0.25) is 0 Å². The molecular formula is C8H11N7O2S. The van der Waals surface area contributed by atoms with E-state index in [0.29, 0.717) is 5.69 Å². The Morgan fingerprint density at radius 2 is 1.94 bits per heavy atom. The van der Waals surface area contributed by atoms with Crippen LogP contribution in [-0.2, 0) is 17.1 Å². The lowest BCUT2D eigenvalue weighted by Crippen LogP contribution is -2.14. The van der Waals surface area contributed by atoms with E-state index in [2.05, 4.69) is 25.6 Å². The van der Waals surface area contributed by atoms with Gasteiger partial charge in [-0.15, -0.1) is 5.10 Å². The Balaban J connectivity index is 2.24. The van der Waals surface area contributed by atoms with Crippen LogP contribution in [0.3, 0.4) is 0 Å². The zero-order valence-electron chi connectivity index (χ0n) is 9.40. The van der Waals surface area contributed by atoms with E-state index in [1.807, 2.05) is 0 Å². The van der Waals surface area contributed by atoms with Crippen LogP contribution in [0, 0.1) is 0 Å². The Bertz CT molecular complexity index is 634. The smallest absolute Gasteiger partial charge is 0.277 e. The molecule has 0 atom stereocenters. The van der Waals surface area contributed by atoms with Crippen LogP contribution in [0.15, 0.2) is 29.2 Å². The van der Waals surface area contributed by atoms with Crippen LogP contribution in [0.1, 0.15) is 0 Å². The Kier molecular flexibility index (Phi) is 3.12. The van der Waals surface area contributed by atoms with E-state index in [0.717, 1.165) is 4.80 Å². The summed E-state index contributed by atoms with van der Waals surface area (Å²) in [7, 11) is -2.19. The number of hydrogen-bond acceptors (Lipinski definition) is 7. The topological polar surface area (TPSA) is 128 Å². The highest BCUT2D eigenvalue weighted by Gasteiger charge is 2.16. The van der Waals surface area contributed by atoms with Crippen molar-refractivity contribution in [2.24, 2.45) is 12.9 Å². The first-order valence-corrected chi connectivity index (χ1v) is 6.33. The van der Waals surface area contributed by atoms with Crippen molar-refractivity contribution in [3.05, 3.63) is 24.3 Å². The average molecular weight is 269 g/mol. The highest BCUT2D eigenvalue weighted by Crippen LogP contribution is 2.15. The number of benzene rings is 1. The van der Waals surface area contributed by atoms with Gasteiger partial charge in [0.25, 0.3) is 16.0 Å². The molecule has 0 radical (unpaired) electrons. The average Bonchev–Trinajstić information content (AvgIpc) is 2.74. The van der Waals surface area contributed by atoms with E-state index in [4.69, 9.17) is 5.84 Å². The van der Waals surface area contributed by atoms with E-state index in [9.17, 15) is 8.42 Å². The van der Waals surface area contributed by atoms with Crippen molar-refractivity contribution in [2.45, 2.75) is 4.90 Å². The number of rotatable bonds is 4. The second-order valence-corrected chi connectivity index (χ2v) is 5.06. The number of sulfonamides is 1. The Morgan fingerprint density at radius 1 is 1.28 bits per heavy atom. The molecule has 0 aliphatic heterocycles. The van der Waals surface area contributed by atoms with Gasteiger partial charge < -0.3 is 5.43 Å². The molecule has 0 bridgehead atoms. The summed E-state index contributed by atoms with van der Waals surface area (Å²) in [5, 5.41) is 10.8. The third kappa shape index (κ3) is 2.55. The summed E-state index contributed by atoms with van der Waals surface area (Å²) in [6.07, 6.45) is 0. The van der Waals surface area contributed by atoms with E-state index in [1.165, 1.54) is 19.2 Å². The maximum atomic E-state index is 11.9. The molecule has 0 amide bonds. The summed E-state index contributed by atoms with van der Waals surface area (Å²) >= 11 is 0. The predicted molar refractivity (Wildman–Crippen MR) is 63.9 cm³/mol. The number of nitrogens with one attached hydrogen (secondary N) is 2. The molecule has 1 aromatic heterocycles. The van der Waals surface area contributed by atoms with E-state index in [1.54, 1.807) is 12.1 Å². The van der Waals surface area contributed by atoms with E-state index < -0.39 is 10.0 Å². The van der Waals surface area contributed by atoms with E-state index in [-0.39, 0.29) is 10.8 Å². The molecule has 1 heterocycles. The van der Waals surface area contributed by atoms with Crippen LogP contribution < -0.4 is 16.0 Å². The van der Waals surface area contributed by atoms with Gasteiger partial charge in [-0.05, 0) is 29.5 Å². The Labute approximate surface area is 103 Å². The molecule has 18 heavy (non-hydrogen) atoms. The molecular weight excluding hydrogens is 258 g/mol. The first kappa shape index (κ1) is 12.3. The molecule has 4 N–H and O–H groups in total. The van der Waals surface area contributed by atoms with Crippen LogP contribution >= 0.6 is 0 Å². The van der Waals surface area contributed by atoms with Gasteiger partial charge in [0.15, 0.2) is 0 Å². The van der Waals surface area contributed by atoms with Crippen LogP contribution in [0.2, 0.25) is 0 Å². The number of hydrogen-bond donors (Lipinski definition) is 3. The molecule has 0 spiro atoms. The number of anilines is 2. The SMILES string of the molecule is Cn1nnc(NS(=O)(=O)c2ccc(NN)cc2)n1. The molecule has 10 heteroatoms. The van der Waals surface area contributed by atoms with Crippen LogP contribution in [-0.4, -0.2) is 28.6 Å². The van der Waals surface area contributed by atoms with Crippen molar-refractivity contribution in [3.63, 3.8) is 0 Å². The summed E-state index contributed by atoms with van der Waals surface area (Å²) in [6.45, 7) is 0. The fourth-order valence-corrected chi connectivity index (χ4v) is 2.17. The summed E-state index contributed by atoms with van der Waals surface area (Å²) in [5.74, 6) is 5.10. The number of tetrazole rings is 1. The van der Waals surface area contributed by atoms with Crippen molar-refractivity contribution in [1.82, 2.24) is 20.2 Å².